The molecule has 2 N–H and O–H groups in total. The van der Waals surface area contributed by atoms with Crippen molar-refractivity contribution in [2.75, 3.05) is 12.0 Å². The minimum atomic E-state index is -0.464. The van der Waals surface area contributed by atoms with Gasteiger partial charge in [0, 0.05) is 13.0 Å². The summed E-state index contributed by atoms with van der Waals surface area (Å²) in [5.41, 5.74) is 6.60. The third-order valence-electron chi connectivity index (χ3n) is 4.68. The Morgan fingerprint density at radius 2 is 2.00 bits per heavy atom. The van der Waals surface area contributed by atoms with Crippen LogP contribution in [0.1, 0.15) is 37.7 Å². The standard InChI is InChI=1S/C16H20N2O3/c1-21-13-8-11(10-17)4-5-12(13)18-14(19)9-16(15(18)20)6-2-3-7-16/h4-5,8H,2-3,6-7,9-10,17H2,1H3. The van der Waals surface area contributed by atoms with Crippen molar-refractivity contribution in [3.63, 3.8) is 0 Å². The lowest BCUT2D eigenvalue weighted by Crippen LogP contribution is -2.34. The highest BCUT2D eigenvalue weighted by atomic mass is 16.5. The second kappa shape index (κ2) is 5.15. The zero-order chi connectivity index (χ0) is 15.0. The predicted molar refractivity (Wildman–Crippen MR) is 78.9 cm³/mol. The SMILES string of the molecule is COc1cc(CN)ccc1N1C(=O)CC2(CCCC2)C1=O. The van der Waals surface area contributed by atoms with Crippen molar-refractivity contribution in [1.82, 2.24) is 0 Å². The highest BCUT2D eigenvalue weighted by Gasteiger charge is 2.53. The normalized spacial score (nSPS) is 20.6. The highest BCUT2D eigenvalue weighted by molar-refractivity contribution is 6.23. The van der Waals surface area contributed by atoms with E-state index >= 15 is 0 Å². The number of hydrogen-bond donors (Lipinski definition) is 1. The number of ether oxygens (including phenoxy) is 1. The fraction of sp³-hybridized carbons (Fsp3) is 0.500. The van der Waals surface area contributed by atoms with Gasteiger partial charge in [-0.2, -0.15) is 0 Å². The van der Waals surface area contributed by atoms with Crippen LogP contribution in [-0.2, 0) is 16.1 Å². The molecule has 1 aliphatic carbocycles. The topological polar surface area (TPSA) is 72.6 Å². The van der Waals surface area contributed by atoms with Gasteiger partial charge < -0.3 is 10.5 Å². The first kappa shape index (κ1) is 14.1. The lowest BCUT2D eigenvalue weighted by atomic mass is 9.84. The van der Waals surface area contributed by atoms with Gasteiger partial charge in [0.05, 0.1) is 18.2 Å². The zero-order valence-corrected chi connectivity index (χ0v) is 12.2. The van der Waals surface area contributed by atoms with E-state index in [0.717, 1.165) is 31.2 Å². The van der Waals surface area contributed by atoms with E-state index in [1.807, 2.05) is 6.07 Å². The smallest absolute Gasteiger partial charge is 0.240 e. The molecule has 0 aromatic heterocycles. The molecule has 1 saturated heterocycles. The summed E-state index contributed by atoms with van der Waals surface area (Å²) in [4.78, 5) is 26.5. The van der Waals surface area contributed by atoms with Gasteiger partial charge in [0.25, 0.3) is 0 Å². The second-order valence-corrected chi connectivity index (χ2v) is 5.91. The van der Waals surface area contributed by atoms with Crippen molar-refractivity contribution in [3.05, 3.63) is 23.8 Å². The molecule has 0 unspecified atom stereocenters. The van der Waals surface area contributed by atoms with Crippen LogP contribution in [0.3, 0.4) is 0 Å². The number of nitrogens with zero attached hydrogens (tertiary/aromatic N) is 1. The van der Waals surface area contributed by atoms with E-state index in [1.54, 1.807) is 12.1 Å². The van der Waals surface area contributed by atoms with Crippen LogP contribution in [0.5, 0.6) is 5.75 Å². The van der Waals surface area contributed by atoms with E-state index in [1.165, 1.54) is 12.0 Å². The summed E-state index contributed by atoms with van der Waals surface area (Å²) >= 11 is 0. The Morgan fingerprint density at radius 1 is 1.29 bits per heavy atom. The van der Waals surface area contributed by atoms with Crippen molar-refractivity contribution < 1.29 is 14.3 Å². The molecule has 112 valence electrons. The first-order valence-corrected chi connectivity index (χ1v) is 7.36. The third kappa shape index (κ3) is 2.12. The molecule has 21 heavy (non-hydrogen) atoms. The Morgan fingerprint density at radius 3 is 2.62 bits per heavy atom. The third-order valence-corrected chi connectivity index (χ3v) is 4.68. The predicted octanol–water partition coefficient (Wildman–Crippen LogP) is 1.98. The summed E-state index contributed by atoms with van der Waals surface area (Å²) in [6.07, 6.45) is 4.01. The molecule has 1 aliphatic heterocycles. The molecule has 5 nitrogen and oxygen atoms in total. The monoisotopic (exact) mass is 288 g/mol. The largest absolute Gasteiger partial charge is 0.495 e. The molecule has 2 amide bonds. The fourth-order valence-corrected chi connectivity index (χ4v) is 3.51. The molecule has 2 aliphatic rings. The minimum absolute atomic E-state index is 0.0659. The number of amides is 2. The van der Waals surface area contributed by atoms with E-state index in [-0.39, 0.29) is 11.8 Å². The number of carbonyl (C=O) groups is 2. The summed E-state index contributed by atoms with van der Waals surface area (Å²) in [6, 6.07) is 5.37. The Bertz CT molecular complexity index is 591. The van der Waals surface area contributed by atoms with E-state index in [0.29, 0.717) is 24.4 Å². The van der Waals surface area contributed by atoms with Crippen LogP contribution in [-0.4, -0.2) is 18.9 Å². The quantitative estimate of drug-likeness (QED) is 0.863. The average molecular weight is 288 g/mol. The van der Waals surface area contributed by atoms with E-state index in [4.69, 9.17) is 10.5 Å². The second-order valence-electron chi connectivity index (χ2n) is 5.91. The average Bonchev–Trinajstić information content (AvgIpc) is 3.05. The van der Waals surface area contributed by atoms with Gasteiger partial charge in [-0.15, -0.1) is 0 Å². The Hall–Kier alpha value is -1.88. The zero-order valence-electron chi connectivity index (χ0n) is 12.2. The molecule has 2 fully saturated rings. The van der Waals surface area contributed by atoms with Crippen molar-refractivity contribution >= 4 is 17.5 Å². The van der Waals surface area contributed by atoms with Crippen LogP contribution in [0.25, 0.3) is 0 Å². The van der Waals surface area contributed by atoms with Crippen molar-refractivity contribution in [2.45, 2.75) is 38.6 Å². The maximum absolute atomic E-state index is 12.8. The van der Waals surface area contributed by atoms with E-state index in [2.05, 4.69) is 0 Å². The molecule has 0 radical (unpaired) electrons. The molecule has 5 heteroatoms. The van der Waals surface area contributed by atoms with Gasteiger partial charge in [-0.3, -0.25) is 9.59 Å². The van der Waals surface area contributed by atoms with Crippen LogP contribution in [0.15, 0.2) is 18.2 Å². The molecule has 0 bridgehead atoms. The van der Waals surface area contributed by atoms with Crippen LogP contribution >= 0.6 is 0 Å². The van der Waals surface area contributed by atoms with Crippen LogP contribution in [0, 0.1) is 5.41 Å². The molecule has 0 atom stereocenters. The Labute approximate surface area is 124 Å². The number of carbonyl (C=O) groups excluding carboxylic acids is 2. The highest BCUT2D eigenvalue weighted by Crippen LogP contribution is 2.49. The van der Waals surface area contributed by atoms with Crippen molar-refractivity contribution in [2.24, 2.45) is 11.1 Å². The van der Waals surface area contributed by atoms with Gasteiger partial charge >= 0.3 is 0 Å². The summed E-state index contributed by atoms with van der Waals surface area (Å²) in [6.45, 7) is 0.391. The molecule has 1 aromatic carbocycles. The first-order chi connectivity index (χ1) is 10.1. The number of rotatable bonds is 3. The molecular weight excluding hydrogens is 268 g/mol. The van der Waals surface area contributed by atoms with E-state index < -0.39 is 5.41 Å². The molecule has 1 aromatic rings. The van der Waals surface area contributed by atoms with Gasteiger partial charge in [0.2, 0.25) is 11.8 Å². The Kier molecular flexibility index (Phi) is 3.45. The minimum Gasteiger partial charge on any atom is -0.495 e. The summed E-state index contributed by atoms with van der Waals surface area (Å²) in [5.74, 6) is 0.333. The summed E-state index contributed by atoms with van der Waals surface area (Å²) < 4.78 is 5.35. The molecular formula is C16H20N2O3. The molecule has 1 heterocycles. The van der Waals surface area contributed by atoms with Gasteiger partial charge in [-0.25, -0.2) is 4.90 Å². The molecule has 3 rings (SSSR count). The first-order valence-electron chi connectivity index (χ1n) is 7.36. The number of methoxy groups -OCH3 is 1. The van der Waals surface area contributed by atoms with Gasteiger partial charge in [0.15, 0.2) is 0 Å². The molecule has 1 saturated carbocycles. The maximum atomic E-state index is 12.8. The van der Waals surface area contributed by atoms with Gasteiger partial charge in [-0.1, -0.05) is 18.9 Å². The van der Waals surface area contributed by atoms with E-state index in [9.17, 15) is 9.59 Å². The van der Waals surface area contributed by atoms with Gasteiger partial charge in [-0.05, 0) is 30.5 Å². The number of imide groups is 1. The molecule has 1 spiro atoms. The lowest BCUT2D eigenvalue weighted by Gasteiger charge is -2.22. The van der Waals surface area contributed by atoms with Crippen LogP contribution in [0.2, 0.25) is 0 Å². The summed E-state index contributed by atoms with van der Waals surface area (Å²) in [7, 11) is 1.54. The fourth-order valence-electron chi connectivity index (χ4n) is 3.51. The maximum Gasteiger partial charge on any atom is 0.240 e. The number of benzene rings is 1. The van der Waals surface area contributed by atoms with Crippen LogP contribution in [0.4, 0.5) is 5.69 Å². The number of anilines is 1. The van der Waals surface area contributed by atoms with Gasteiger partial charge in [0.1, 0.15) is 5.75 Å². The van der Waals surface area contributed by atoms with Crippen LogP contribution < -0.4 is 15.4 Å². The number of hydrogen-bond acceptors (Lipinski definition) is 4. The number of nitrogens with two attached hydrogens (primary N) is 1. The van der Waals surface area contributed by atoms with Crippen molar-refractivity contribution in [1.29, 1.82) is 0 Å². The lowest BCUT2D eigenvalue weighted by molar-refractivity contribution is -0.125. The van der Waals surface area contributed by atoms with Crippen molar-refractivity contribution in [3.8, 4) is 5.75 Å². The summed E-state index contributed by atoms with van der Waals surface area (Å²) in [5, 5.41) is 0. The Balaban J connectivity index is 2.00.